The van der Waals surface area contributed by atoms with Crippen LogP contribution in [-0.2, 0) is 6.42 Å². The van der Waals surface area contributed by atoms with Gasteiger partial charge in [-0.25, -0.2) is 9.97 Å². The quantitative estimate of drug-likeness (QED) is 0.403. The zero-order valence-corrected chi connectivity index (χ0v) is 23.5. The summed E-state index contributed by atoms with van der Waals surface area (Å²) in [5, 5.41) is 6.82. The topological polar surface area (TPSA) is 129 Å². The van der Waals surface area contributed by atoms with E-state index >= 15 is 0 Å². The normalized spacial score (nSPS) is 23.5. The molecule has 3 fully saturated rings. The molecule has 1 aliphatic carbocycles. The predicted octanol–water partition coefficient (Wildman–Crippen LogP) is 2.78. The lowest BCUT2D eigenvalue weighted by Gasteiger charge is -2.42. The van der Waals surface area contributed by atoms with E-state index in [1.807, 2.05) is 19.1 Å². The van der Waals surface area contributed by atoms with Crippen molar-refractivity contribution >= 4 is 28.9 Å². The number of piperidine rings is 1. The Bertz CT molecular complexity index is 1110. The fraction of sp³-hybridized carbons (Fsp3) is 0.621. The number of nitrogens with two attached hydrogens (primary N) is 2. The molecule has 2 aliphatic heterocycles. The molecule has 0 spiro atoms. The minimum atomic E-state index is -0.597. The highest BCUT2D eigenvalue weighted by atomic mass is 16.1. The summed E-state index contributed by atoms with van der Waals surface area (Å²) < 4.78 is 0. The number of primary amides is 1. The van der Waals surface area contributed by atoms with E-state index in [4.69, 9.17) is 16.5 Å². The molecule has 1 saturated carbocycles. The number of nitrogens with one attached hydrogen (secondary N) is 2. The lowest BCUT2D eigenvalue weighted by atomic mass is 9.91. The van der Waals surface area contributed by atoms with Crippen molar-refractivity contribution in [3.8, 4) is 0 Å². The number of likely N-dealkylation sites (N-methyl/N-ethyl adjacent to an activating group) is 1. The van der Waals surface area contributed by atoms with Gasteiger partial charge in [0.1, 0.15) is 0 Å². The van der Waals surface area contributed by atoms with Gasteiger partial charge >= 0.3 is 0 Å². The van der Waals surface area contributed by atoms with Gasteiger partial charge in [-0.05, 0) is 63.4 Å². The molecule has 10 heteroatoms. The van der Waals surface area contributed by atoms with E-state index in [0.717, 1.165) is 50.2 Å². The molecule has 2 aromatic rings. The molecular formula is C29H45N9O. The summed E-state index contributed by atoms with van der Waals surface area (Å²) in [6.45, 7) is 8.84. The van der Waals surface area contributed by atoms with E-state index in [9.17, 15) is 4.79 Å². The molecule has 212 valence electrons. The van der Waals surface area contributed by atoms with Crippen LogP contribution >= 0.6 is 0 Å². The van der Waals surface area contributed by atoms with Crippen LogP contribution in [0.5, 0.6) is 0 Å². The Morgan fingerprint density at radius 3 is 2.28 bits per heavy atom. The van der Waals surface area contributed by atoms with Crippen LogP contribution in [0.2, 0.25) is 0 Å². The number of rotatable bonds is 8. The third-order valence-electron chi connectivity index (χ3n) is 8.69. The average Bonchev–Trinajstić information content (AvgIpc) is 2.95. The fourth-order valence-corrected chi connectivity index (χ4v) is 6.17. The molecule has 2 saturated heterocycles. The molecule has 3 aliphatic rings. The third-order valence-corrected chi connectivity index (χ3v) is 8.69. The number of piperazine rings is 1. The van der Waals surface area contributed by atoms with E-state index < -0.39 is 5.91 Å². The maximum atomic E-state index is 12.3. The molecule has 39 heavy (non-hydrogen) atoms. The van der Waals surface area contributed by atoms with E-state index in [-0.39, 0.29) is 17.8 Å². The summed E-state index contributed by atoms with van der Waals surface area (Å²) in [5.74, 6) is 0.444. The van der Waals surface area contributed by atoms with Crippen LogP contribution in [-0.4, -0.2) is 90.1 Å². The first-order chi connectivity index (χ1) is 18.9. The minimum Gasteiger partial charge on any atom is -0.371 e. The Hall–Kier alpha value is -2.95. The van der Waals surface area contributed by atoms with E-state index in [0.29, 0.717) is 24.1 Å². The molecule has 5 rings (SSSR count). The Labute approximate surface area is 232 Å². The summed E-state index contributed by atoms with van der Waals surface area (Å²) in [4.78, 5) is 29.2. The maximum Gasteiger partial charge on any atom is 0.271 e. The van der Waals surface area contributed by atoms with Crippen molar-refractivity contribution in [3.63, 3.8) is 0 Å². The Kier molecular flexibility index (Phi) is 8.84. The molecule has 0 bridgehead atoms. The minimum absolute atomic E-state index is 0.0802. The molecule has 1 aromatic heterocycles. The fourth-order valence-electron chi connectivity index (χ4n) is 6.17. The van der Waals surface area contributed by atoms with Crippen LogP contribution < -0.4 is 27.0 Å². The van der Waals surface area contributed by atoms with Crippen molar-refractivity contribution in [2.24, 2.45) is 11.5 Å². The number of amides is 1. The molecule has 1 aromatic carbocycles. The first-order valence-corrected chi connectivity index (χ1v) is 14.7. The average molecular weight is 536 g/mol. The molecule has 1 amide bonds. The van der Waals surface area contributed by atoms with Gasteiger partial charge in [-0.2, -0.15) is 0 Å². The van der Waals surface area contributed by atoms with E-state index in [1.165, 1.54) is 44.7 Å². The number of hydrogen-bond donors (Lipinski definition) is 4. The zero-order valence-electron chi connectivity index (χ0n) is 23.5. The van der Waals surface area contributed by atoms with Crippen molar-refractivity contribution in [1.29, 1.82) is 0 Å². The maximum absolute atomic E-state index is 12.3. The standard InChI is InChI=1S/C29H45N9O/c1-3-24-28(34-25-7-5-4-6-23(25)30)35-29(26(33-24)27(31)39)32-20-8-10-21(11-9-20)37-14-12-22(13-15-37)38-18-16-36(2)17-19-38/h8-11,22-23,25H,3-7,12-19,30H2,1-2H3,(H2,31,39)(H2,32,34,35)/t23-,25+/m0/s1. The van der Waals surface area contributed by atoms with Crippen LogP contribution in [0.25, 0.3) is 0 Å². The van der Waals surface area contributed by atoms with Crippen molar-refractivity contribution in [1.82, 2.24) is 19.8 Å². The molecule has 3 heterocycles. The monoisotopic (exact) mass is 535 g/mol. The second kappa shape index (κ2) is 12.5. The summed E-state index contributed by atoms with van der Waals surface area (Å²) in [5.41, 5.74) is 15.0. The third kappa shape index (κ3) is 6.62. The number of anilines is 4. The summed E-state index contributed by atoms with van der Waals surface area (Å²) >= 11 is 0. The Morgan fingerprint density at radius 2 is 1.64 bits per heavy atom. The van der Waals surface area contributed by atoms with Gasteiger partial charge in [0.25, 0.3) is 5.91 Å². The first-order valence-electron chi connectivity index (χ1n) is 14.7. The number of carbonyl (C=O) groups is 1. The smallest absolute Gasteiger partial charge is 0.271 e. The molecule has 10 nitrogen and oxygen atoms in total. The SMILES string of the molecule is CCc1nc(C(N)=O)c(Nc2ccc(N3CCC(N4CCN(C)CC4)CC3)cc2)nc1N[C@@H]1CCCC[C@@H]1N. The highest BCUT2D eigenvalue weighted by molar-refractivity contribution is 5.96. The summed E-state index contributed by atoms with van der Waals surface area (Å²) in [6.07, 6.45) is 7.33. The van der Waals surface area contributed by atoms with Crippen LogP contribution in [0.4, 0.5) is 23.0 Å². The van der Waals surface area contributed by atoms with Crippen molar-refractivity contribution < 1.29 is 4.79 Å². The van der Waals surface area contributed by atoms with E-state index in [2.05, 4.69) is 49.5 Å². The Morgan fingerprint density at radius 1 is 0.949 bits per heavy atom. The van der Waals surface area contributed by atoms with Crippen molar-refractivity contribution in [2.45, 2.75) is 70.0 Å². The highest BCUT2D eigenvalue weighted by Crippen LogP contribution is 2.28. The molecule has 0 unspecified atom stereocenters. The number of nitrogens with zero attached hydrogens (tertiary/aromatic N) is 5. The zero-order chi connectivity index (χ0) is 27.4. The van der Waals surface area contributed by atoms with Gasteiger partial charge in [0.05, 0.1) is 5.69 Å². The largest absolute Gasteiger partial charge is 0.371 e. The molecular weight excluding hydrogens is 490 g/mol. The molecule has 6 N–H and O–H groups in total. The number of aryl methyl sites for hydroxylation is 1. The number of carbonyl (C=O) groups excluding carboxylic acids is 1. The van der Waals surface area contributed by atoms with Gasteiger partial charge in [0, 0.05) is 68.8 Å². The van der Waals surface area contributed by atoms with Gasteiger partial charge < -0.3 is 31.9 Å². The van der Waals surface area contributed by atoms with Crippen LogP contribution in [0, 0.1) is 0 Å². The van der Waals surface area contributed by atoms with Crippen LogP contribution in [0.3, 0.4) is 0 Å². The van der Waals surface area contributed by atoms with Gasteiger partial charge in [-0.15, -0.1) is 0 Å². The van der Waals surface area contributed by atoms with Gasteiger partial charge in [0.15, 0.2) is 17.3 Å². The van der Waals surface area contributed by atoms with Gasteiger partial charge in [-0.3, -0.25) is 9.69 Å². The lowest BCUT2D eigenvalue weighted by Crippen LogP contribution is -2.52. The highest BCUT2D eigenvalue weighted by Gasteiger charge is 2.27. The second-order valence-corrected chi connectivity index (χ2v) is 11.4. The number of aromatic nitrogens is 2. The van der Waals surface area contributed by atoms with Crippen molar-refractivity contribution in [3.05, 3.63) is 35.7 Å². The first kappa shape index (κ1) is 27.6. The van der Waals surface area contributed by atoms with Gasteiger partial charge in [0.2, 0.25) is 0 Å². The second-order valence-electron chi connectivity index (χ2n) is 11.4. The molecule has 2 atom stereocenters. The van der Waals surface area contributed by atoms with Crippen LogP contribution in [0.1, 0.15) is 61.6 Å². The molecule has 0 radical (unpaired) electrons. The van der Waals surface area contributed by atoms with Crippen molar-refractivity contribution in [2.75, 3.05) is 61.8 Å². The van der Waals surface area contributed by atoms with E-state index in [1.54, 1.807) is 0 Å². The summed E-state index contributed by atoms with van der Waals surface area (Å²) in [7, 11) is 2.21. The summed E-state index contributed by atoms with van der Waals surface area (Å²) in [6, 6.07) is 9.26. The lowest BCUT2D eigenvalue weighted by molar-refractivity contribution is 0.0982. The Balaban J connectivity index is 1.25. The number of hydrogen-bond acceptors (Lipinski definition) is 9. The predicted molar refractivity (Wildman–Crippen MR) is 158 cm³/mol. The number of benzene rings is 1. The van der Waals surface area contributed by atoms with Crippen LogP contribution in [0.15, 0.2) is 24.3 Å². The van der Waals surface area contributed by atoms with Gasteiger partial charge in [-0.1, -0.05) is 19.8 Å².